The van der Waals surface area contributed by atoms with Gasteiger partial charge in [-0.2, -0.15) is 0 Å². The number of hydrogen-bond donors (Lipinski definition) is 1. The molecule has 0 aromatic heterocycles. The monoisotopic (exact) mass is 399 g/mol. The molecule has 0 spiro atoms. The summed E-state index contributed by atoms with van der Waals surface area (Å²) in [6.45, 7) is 1.17. The Morgan fingerprint density at radius 1 is 1.18 bits per heavy atom. The van der Waals surface area contributed by atoms with Gasteiger partial charge >= 0.3 is 0 Å². The summed E-state index contributed by atoms with van der Waals surface area (Å²) >= 11 is 6.29. The second-order valence-electron chi connectivity index (χ2n) is 7.39. The van der Waals surface area contributed by atoms with Crippen LogP contribution in [0.4, 0.5) is 11.4 Å². The molecular weight excluding hydrogens is 374 g/mol. The predicted octanol–water partition coefficient (Wildman–Crippen LogP) is 3.83. The molecule has 1 aliphatic rings. The summed E-state index contributed by atoms with van der Waals surface area (Å²) in [5.74, 6) is -0.200. The van der Waals surface area contributed by atoms with Gasteiger partial charge in [-0.05, 0) is 36.6 Å². The van der Waals surface area contributed by atoms with Gasteiger partial charge in [0, 0.05) is 32.9 Å². The highest BCUT2D eigenvalue weighted by Gasteiger charge is 2.28. The third-order valence-corrected chi connectivity index (χ3v) is 5.34. The summed E-state index contributed by atoms with van der Waals surface area (Å²) in [6.07, 6.45) is 1.99. The summed E-state index contributed by atoms with van der Waals surface area (Å²) in [5.41, 5.74) is 2.57. The number of nitrogens with one attached hydrogen (secondary N) is 1. The SMILES string of the molecule is CN(C)c1ccc(NC(=O)C2CCCN(C(=O)Cc3ccccc3)C2)cc1Cl. The Kier molecular flexibility index (Phi) is 6.57. The second-order valence-corrected chi connectivity index (χ2v) is 7.80. The van der Waals surface area contributed by atoms with Gasteiger partial charge in [0.2, 0.25) is 11.8 Å². The van der Waals surface area contributed by atoms with E-state index in [0.717, 1.165) is 24.1 Å². The van der Waals surface area contributed by atoms with E-state index in [2.05, 4.69) is 5.32 Å². The van der Waals surface area contributed by atoms with E-state index in [9.17, 15) is 9.59 Å². The van der Waals surface area contributed by atoms with E-state index < -0.39 is 0 Å². The number of rotatable bonds is 5. The lowest BCUT2D eigenvalue weighted by atomic mass is 9.96. The molecule has 1 unspecified atom stereocenters. The molecule has 0 radical (unpaired) electrons. The number of nitrogens with zero attached hydrogens (tertiary/aromatic N) is 2. The molecule has 1 aliphatic heterocycles. The zero-order chi connectivity index (χ0) is 20.1. The Bertz CT molecular complexity index is 839. The Labute approximate surface area is 171 Å². The Morgan fingerprint density at radius 3 is 2.61 bits per heavy atom. The Hall–Kier alpha value is -2.53. The molecule has 148 valence electrons. The van der Waals surface area contributed by atoms with Gasteiger partial charge < -0.3 is 15.1 Å². The first kappa shape index (κ1) is 20.2. The van der Waals surface area contributed by atoms with E-state index in [1.54, 1.807) is 6.07 Å². The van der Waals surface area contributed by atoms with Crippen molar-refractivity contribution in [3.05, 3.63) is 59.1 Å². The van der Waals surface area contributed by atoms with Gasteiger partial charge in [0.05, 0.1) is 23.0 Å². The summed E-state index contributed by atoms with van der Waals surface area (Å²) in [6, 6.07) is 15.2. The molecule has 0 saturated carbocycles. The molecule has 0 bridgehead atoms. The van der Waals surface area contributed by atoms with Crippen LogP contribution in [-0.2, 0) is 16.0 Å². The zero-order valence-corrected chi connectivity index (χ0v) is 17.1. The largest absolute Gasteiger partial charge is 0.376 e. The minimum atomic E-state index is -0.208. The van der Waals surface area contributed by atoms with Crippen molar-refractivity contribution in [3.63, 3.8) is 0 Å². The average Bonchev–Trinajstić information content (AvgIpc) is 2.68. The van der Waals surface area contributed by atoms with E-state index in [4.69, 9.17) is 11.6 Å². The predicted molar refractivity (Wildman–Crippen MR) is 114 cm³/mol. The number of hydrogen-bond acceptors (Lipinski definition) is 3. The van der Waals surface area contributed by atoms with E-state index in [1.165, 1.54) is 0 Å². The van der Waals surface area contributed by atoms with Crippen LogP contribution in [0.5, 0.6) is 0 Å². The Balaban J connectivity index is 1.59. The molecule has 2 aromatic rings. The number of likely N-dealkylation sites (tertiary alicyclic amines) is 1. The van der Waals surface area contributed by atoms with Crippen molar-refractivity contribution in [1.29, 1.82) is 0 Å². The third-order valence-electron chi connectivity index (χ3n) is 5.04. The van der Waals surface area contributed by atoms with Crippen molar-refractivity contribution < 1.29 is 9.59 Å². The van der Waals surface area contributed by atoms with Crippen LogP contribution >= 0.6 is 11.6 Å². The van der Waals surface area contributed by atoms with Crippen LogP contribution < -0.4 is 10.2 Å². The van der Waals surface area contributed by atoms with Crippen molar-refractivity contribution in [3.8, 4) is 0 Å². The van der Waals surface area contributed by atoms with Gasteiger partial charge in [-0.15, -0.1) is 0 Å². The second kappa shape index (κ2) is 9.11. The van der Waals surface area contributed by atoms with Crippen molar-refractivity contribution in [2.75, 3.05) is 37.4 Å². The summed E-state index contributed by atoms with van der Waals surface area (Å²) in [5, 5.41) is 3.54. The highest BCUT2D eigenvalue weighted by Crippen LogP contribution is 2.28. The standard InChI is InChI=1S/C22H26ClN3O2/c1-25(2)20-11-10-18(14-19(20)23)24-22(28)17-9-6-12-26(15-17)21(27)13-16-7-4-3-5-8-16/h3-5,7-8,10-11,14,17H,6,9,12-13,15H2,1-2H3,(H,24,28). The number of carbonyl (C=O) groups is 2. The van der Waals surface area contributed by atoms with Crippen LogP contribution in [0.15, 0.2) is 48.5 Å². The van der Waals surface area contributed by atoms with Gasteiger partial charge in [0.1, 0.15) is 0 Å². The smallest absolute Gasteiger partial charge is 0.229 e. The molecule has 1 atom stereocenters. The van der Waals surface area contributed by atoms with E-state index in [-0.39, 0.29) is 17.7 Å². The van der Waals surface area contributed by atoms with Crippen LogP contribution in [0.25, 0.3) is 0 Å². The minimum Gasteiger partial charge on any atom is -0.376 e. The van der Waals surface area contributed by atoms with Crippen molar-refractivity contribution in [2.45, 2.75) is 19.3 Å². The fraction of sp³-hybridized carbons (Fsp3) is 0.364. The Morgan fingerprint density at radius 2 is 1.93 bits per heavy atom. The van der Waals surface area contributed by atoms with Crippen molar-refractivity contribution >= 4 is 34.8 Å². The molecule has 1 fully saturated rings. The molecule has 1 saturated heterocycles. The van der Waals surface area contributed by atoms with Crippen LogP contribution in [0.2, 0.25) is 5.02 Å². The first-order valence-electron chi connectivity index (χ1n) is 9.53. The van der Waals surface area contributed by atoms with E-state index >= 15 is 0 Å². The first-order valence-corrected chi connectivity index (χ1v) is 9.91. The molecule has 1 N–H and O–H groups in total. The van der Waals surface area contributed by atoms with Crippen LogP contribution in [-0.4, -0.2) is 43.9 Å². The average molecular weight is 400 g/mol. The lowest BCUT2D eigenvalue weighted by molar-refractivity contribution is -0.133. The highest BCUT2D eigenvalue weighted by molar-refractivity contribution is 6.33. The van der Waals surface area contributed by atoms with Gasteiger partial charge in [-0.3, -0.25) is 9.59 Å². The molecule has 1 heterocycles. The van der Waals surface area contributed by atoms with Crippen LogP contribution in [0.3, 0.4) is 0 Å². The number of amides is 2. The number of benzene rings is 2. The highest BCUT2D eigenvalue weighted by atomic mass is 35.5. The van der Waals surface area contributed by atoms with E-state index in [1.807, 2.05) is 66.4 Å². The maximum absolute atomic E-state index is 12.7. The number of carbonyl (C=O) groups excluding carboxylic acids is 2. The molecule has 0 aliphatic carbocycles. The quantitative estimate of drug-likeness (QED) is 0.831. The molecule has 6 heteroatoms. The zero-order valence-electron chi connectivity index (χ0n) is 16.3. The summed E-state index contributed by atoms with van der Waals surface area (Å²) in [4.78, 5) is 29.1. The number of piperidine rings is 1. The van der Waals surface area contributed by atoms with E-state index in [0.29, 0.717) is 30.2 Å². The lowest BCUT2D eigenvalue weighted by Crippen LogP contribution is -2.44. The van der Waals surface area contributed by atoms with Gasteiger partial charge in [-0.1, -0.05) is 41.9 Å². The maximum atomic E-state index is 12.7. The van der Waals surface area contributed by atoms with Gasteiger partial charge in [-0.25, -0.2) is 0 Å². The minimum absolute atomic E-state index is 0.0640. The van der Waals surface area contributed by atoms with Crippen LogP contribution in [0.1, 0.15) is 18.4 Å². The molecule has 5 nitrogen and oxygen atoms in total. The maximum Gasteiger partial charge on any atom is 0.229 e. The topological polar surface area (TPSA) is 52.7 Å². The van der Waals surface area contributed by atoms with Crippen LogP contribution in [0, 0.1) is 5.92 Å². The van der Waals surface area contributed by atoms with Gasteiger partial charge in [0.15, 0.2) is 0 Å². The van der Waals surface area contributed by atoms with Crippen molar-refractivity contribution in [2.24, 2.45) is 5.92 Å². The lowest BCUT2D eigenvalue weighted by Gasteiger charge is -2.32. The molecule has 2 amide bonds. The fourth-order valence-electron chi connectivity index (χ4n) is 3.49. The molecule has 2 aromatic carbocycles. The molecular formula is C22H26ClN3O2. The normalized spacial score (nSPS) is 16.5. The van der Waals surface area contributed by atoms with Crippen molar-refractivity contribution in [1.82, 2.24) is 4.90 Å². The number of halogens is 1. The summed E-state index contributed by atoms with van der Waals surface area (Å²) < 4.78 is 0. The summed E-state index contributed by atoms with van der Waals surface area (Å²) in [7, 11) is 3.84. The molecule has 3 rings (SSSR count). The number of anilines is 2. The third kappa shape index (κ3) is 5.04. The fourth-order valence-corrected chi connectivity index (χ4v) is 3.84. The van der Waals surface area contributed by atoms with Gasteiger partial charge in [0.25, 0.3) is 0 Å². The molecule has 28 heavy (non-hydrogen) atoms. The first-order chi connectivity index (χ1) is 13.4.